The van der Waals surface area contributed by atoms with Crippen molar-refractivity contribution in [3.05, 3.63) is 65.2 Å². The monoisotopic (exact) mass is 303 g/mol. The van der Waals surface area contributed by atoms with Gasteiger partial charge in [-0.25, -0.2) is 8.42 Å². The number of benzene rings is 2. The van der Waals surface area contributed by atoms with Crippen molar-refractivity contribution in [3.63, 3.8) is 0 Å². The third-order valence-electron chi connectivity index (χ3n) is 3.99. The summed E-state index contributed by atoms with van der Waals surface area (Å²) < 4.78 is 25.5. The van der Waals surface area contributed by atoms with Crippen LogP contribution in [0.4, 0.5) is 0 Å². The molecule has 0 saturated carbocycles. The van der Waals surface area contributed by atoms with Gasteiger partial charge in [0.05, 0.1) is 10.1 Å². The number of sulfone groups is 1. The minimum Gasteiger partial charge on any atom is -0.323 e. The molecule has 0 aliphatic carbocycles. The predicted molar refractivity (Wildman–Crippen MR) is 85.9 cm³/mol. The average Bonchev–Trinajstić information content (AvgIpc) is 2.49. The standard InChI is InChI=1S/C17H21NO2S/c1-12-9-10-16(11-13(12)2)21(19,20)14(3)17(18)15-7-5-4-6-8-15/h4-11,14,17H,18H2,1-3H3. The van der Waals surface area contributed by atoms with Gasteiger partial charge < -0.3 is 5.73 Å². The van der Waals surface area contributed by atoms with Gasteiger partial charge in [0, 0.05) is 6.04 Å². The molecular weight excluding hydrogens is 282 g/mol. The molecule has 0 aliphatic rings. The summed E-state index contributed by atoms with van der Waals surface area (Å²) in [5, 5.41) is -0.679. The van der Waals surface area contributed by atoms with Crippen LogP contribution in [-0.4, -0.2) is 13.7 Å². The number of hydrogen-bond acceptors (Lipinski definition) is 3. The Morgan fingerprint density at radius 2 is 1.57 bits per heavy atom. The summed E-state index contributed by atoms with van der Waals surface area (Å²) >= 11 is 0. The van der Waals surface area contributed by atoms with Gasteiger partial charge in [-0.1, -0.05) is 36.4 Å². The van der Waals surface area contributed by atoms with Crippen LogP contribution in [0.3, 0.4) is 0 Å². The highest BCUT2D eigenvalue weighted by Crippen LogP contribution is 2.26. The van der Waals surface area contributed by atoms with Crippen LogP contribution in [0.2, 0.25) is 0 Å². The van der Waals surface area contributed by atoms with E-state index in [9.17, 15) is 8.42 Å². The summed E-state index contributed by atoms with van der Waals surface area (Å²) in [5.74, 6) is 0. The van der Waals surface area contributed by atoms with Crippen LogP contribution in [-0.2, 0) is 9.84 Å². The third kappa shape index (κ3) is 3.17. The molecule has 3 nitrogen and oxygen atoms in total. The maximum atomic E-state index is 12.7. The molecule has 0 aliphatic heterocycles. The third-order valence-corrected chi connectivity index (χ3v) is 6.17. The largest absolute Gasteiger partial charge is 0.323 e. The fraction of sp³-hybridized carbons (Fsp3) is 0.294. The highest BCUT2D eigenvalue weighted by Gasteiger charge is 2.29. The van der Waals surface area contributed by atoms with Gasteiger partial charge >= 0.3 is 0 Å². The molecule has 0 saturated heterocycles. The average molecular weight is 303 g/mol. The predicted octanol–water partition coefficient (Wildman–Crippen LogP) is 3.17. The summed E-state index contributed by atoms with van der Waals surface area (Å²) in [4.78, 5) is 0.337. The lowest BCUT2D eigenvalue weighted by Gasteiger charge is -2.21. The van der Waals surface area contributed by atoms with E-state index < -0.39 is 21.1 Å². The molecule has 0 bridgehead atoms. The number of aryl methyl sites for hydroxylation is 2. The van der Waals surface area contributed by atoms with E-state index in [2.05, 4.69) is 0 Å². The molecule has 21 heavy (non-hydrogen) atoms. The maximum Gasteiger partial charge on any atom is 0.182 e. The molecule has 0 radical (unpaired) electrons. The lowest BCUT2D eigenvalue weighted by Crippen LogP contribution is -2.31. The molecule has 112 valence electrons. The molecule has 0 amide bonds. The molecular formula is C17H21NO2S. The molecule has 2 atom stereocenters. The van der Waals surface area contributed by atoms with Gasteiger partial charge in [-0.15, -0.1) is 0 Å². The Morgan fingerprint density at radius 1 is 0.952 bits per heavy atom. The Morgan fingerprint density at radius 3 is 2.14 bits per heavy atom. The van der Waals surface area contributed by atoms with Crippen LogP contribution in [0.1, 0.15) is 29.7 Å². The van der Waals surface area contributed by atoms with Crippen molar-refractivity contribution in [1.29, 1.82) is 0 Å². The minimum absolute atomic E-state index is 0.337. The molecule has 0 heterocycles. The zero-order valence-electron chi connectivity index (χ0n) is 12.6. The van der Waals surface area contributed by atoms with Gasteiger partial charge in [0.1, 0.15) is 0 Å². The summed E-state index contributed by atoms with van der Waals surface area (Å²) in [5.41, 5.74) is 9.03. The van der Waals surface area contributed by atoms with E-state index in [-0.39, 0.29) is 0 Å². The molecule has 2 N–H and O–H groups in total. The minimum atomic E-state index is -3.45. The van der Waals surface area contributed by atoms with Crippen molar-refractivity contribution >= 4 is 9.84 Å². The summed E-state index contributed by atoms with van der Waals surface area (Å²) in [6, 6.07) is 14.0. The van der Waals surface area contributed by atoms with E-state index in [4.69, 9.17) is 5.73 Å². The molecule has 2 rings (SSSR count). The van der Waals surface area contributed by atoms with Crippen molar-refractivity contribution in [1.82, 2.24) is 0 Å². The second-order valence-electron chi connectivity index (χ2n) is 5.43. The van der Waals surface area contributed by atoms with E-state index in [0.717, 1.165) is 16.7 Å². The highest BCUT2D eigenvalue weighted by atomic mass is 32.2. The first-order valence-corrected chi connectivity index (χ1v) is 8.50. The lowest BCUT2D eigenvalue weighted by atomic mass is 10.1. The van der Waals surface area contributed by atoms with Crippen molar-refractivity contribution in [3.8, 4) is 0 Å². The van der Waals surface area contributed by atoms with E-state index in [1.54, 1.807) is 19.1 Å². The van der Waals surface area contributed by atoms with Gasteiger partial charge in [-0.2, -0.15) is 0 Å². The molecule has 0 spiro atoms. The topological polar surface area (TPSA) is 60.2 Å². The van der Waals surface area contributed by atoms with Gasteiger partial charge in [0.25, 0.3) is 0 Å². The first-order valence-electron chi connectivity index (χ1n) is 6.95. The van der Waals surface area contributed by atoms with Crippen molar-refractivity contribution in [2.45, 2.75) is 37.0 Å². The van der Waals surface area contributed by atoms with Gasteiger partial charge in [-0.3, -0.25) is 0 Å². The summed E-state index contributed by atoms with van der Waals surface area (Å²) in [6.45, 7) is 5.54. The SMILES string of the molecule is Cc1ccc(S(=O)(=O)C(C)C(N)c2ccccc2)cc1C. The Kier molecular flexibility index (Phi) is 4.49. The lowest BCUT2D eigenvalue weighted by molar-refractivity contribution is 0.564. The van der Waals surface area contributed by atoms with Gasteiger partial charge in [0.2, 0.25) is 0 Å². The quantitative estimate of drug-likeness (QED) is 0.943. The smallest absolute Gasteiger partial charge is 0.182 e. The summed E-state index contributed by atoms with van der Waals surface area (Å²) in [6.07, 6.45) is 0. The van der Waals surface area contributed by atoms with Crippen LogP contribution < -0.4 is 5.73 Å². The second kappa shape index (κ2) is 6.00. The van der Waals surface area contributed by atoms with Crippen LogP contribution in [0.15, 0.2) is 53.4 Å². The molecule has 2 unspecified atom stereocenters. The number of hydrogen-bond donors (Lipinski definition) is 1. The Balaban J connectivity index is 2.36. The van der Waals surface area contributed by atoms with E-state index in [0.29, 0.717) is 4.90 Å². The van der Waals surface area contributed by atoms with E-state index in [1.165, 1.54) is 0 Å². The normalized spacial score (nSPS) is 14.7. The van der Waals surface area contributed by atoms with Crippen LogP contribution >= 0.6 is 0 Å². The Bertz CT molecular complexity index is 724. The number of nitrogens with two attached hydrogens (primary N) is 1. The van der Waals surface area contributed by atoms with E-state index in [1.807, 2.05) is 50.2 Å². The summed E-state index contributed by atoms with van der Waals surface area (Å²) in [7, 11) is -3.45. The Hall–Kier alpha value is -1.65. The fourth-order valence-corrected chi connectivity index (χ4v) is 3.82. The first kappa shape index (κ1) is 15.7. The molecule has 0 fully saturated rings. The molecule has 4 heteroatoms. The van der Waals surface area contributed by atoms with Crippen molar-refractivity contribution < 1.29 is 8.42 Å². The maximum absolute atomic E-state index is 12.7. The van der Waals surface area contributed by atoms with Crippen LogP contribution in [0.25, 0.3) is 0 Å². The van der Waals surface area contributed by atoms with Crippen LogP contribution in [0, 0.1) is 13.8 Å². The van der Waals surface area contributed by atoms with Gasteiger partial charge in [0.15, 0.2) is 9.84 Å². The van der Waals surface area contributed by atoms with Crippen molar-refractivity contribution in [2.75, 3.05) is 0 Å². The zero-order chi connectivity index (χ0) is 15.6. The molecule has 0 aromatic heterocycles. The fourth-order valence-electron chi connectivity index (χ4n) is 2.24. The number of rotatable bonds is 4. The first-order chi connectivity index (χ1) is 9.84. The van der Waals surface area contributed by atoms with Gasteiger partial charge in [-0.05, 0) is 49.6 Å². The van der Waals surface area contributed by atoms with Crippen LogP contribution in [0.5, 0.6) is 0 Å². The van der Waals surface area contributed by atoms with E-state index >= 15 is 0 Å². The van der Waals surface area contributed by atoms with Crippen molar-refractivity contribution in [2.24, 2.45) is 5.73 Å². The highest BCUT2D eigenvalue weighted by molar-refractivity contribution is 7.92. The Labute approximate surface area is 126 Å². The molecule has 2 aromatic carbocycles. The molecule has 2 aromatic rings. The zero-order valence-corrected chi connectivity index (χ0v) is 13.4. The second-order valence-corrected chi connectivity index (χ2v) is 7.74.